The van der Waals surface area contributed by atoms with Gasteiger partial charge in [0.2, 0.25) is 15.8 Å². The van der Waals surface area contributed by atoms with Gasteiger partial charge >= 0.3 is 0 Å². The van der Waals surface area contributed by atoms with Crippen LogP contribution in [0, 0.1) is 18.6 Å². The van der Waals surface area contributed by atoms with Crippen molar-refractivity contribution in [2.75, 3.05) is 10.5 Å². The van der Waals surface area contributed by atoms with Gasteiger partial charge < -0.3 is 4.98 Å². The van der Waals surface area contributed by atoms with Crippen LogP contribution in [0.1, 0.15) is 35.0 Å². The van der Waals surface area contributed by atoms with Crippen molar-refractivity contribution in [1.29, 1.82) is 0 Å². The Bertz CT molecular complexity index is 1760. The van der Waals surface area contributed by atoms with Gasteiger partial charge in [-0.25, -0.2) is 22.2 Å². The zero-order valence-electron chi connectivity index (χ0n) is 19.3. The normalized spacial score (nSPS) is 11.9. The molecule has 2 aromatic carbocycles. The fourth-order valence-electron chi connectivity index (χ4n) is 4.14. The van der Waals surface area contributed by atoms with E-state index in [2.05, 4.69) is 24.9 Å². The van der Waals surface area contributed by atoms with Crippen LogP contribution in [0.15, 0.2) is 48.8 Å². The number of H-pyrrole nitrogens is 2. The van der Waals surface area contributed by atoms with Crippen LogP contribution < -0.4 is 4.72 Å². The number of halogens is 2. The Labute approximate surface area is 204 Å². The Balaban J connectivity index is 1.58. The zero-order valence-corrected chi connectivity index (χ0v) is 20.1. The van der Waals surface area contributed by atoms with Crippen molar-refractivity contribution >= 4 is 43.4 Å². The Kier molecular flexibility index (Phi) is 5.79. The summed E-state index contributed by atoms with van der Waals surface area (Å²) in [6.45, 7) is 3.54. The molecule has 0 saturated carbocycles. The maximum absolute atomic E-state index is 15.2. The molecule has 3 heterocycles. The SMILES string of the molecule is CCCS(=O)(=O)Nc1ccc(F)c(C(=O)c2c[nH]c3ncc(-c4ccc5[nH]nc(C)c5c4)cc23)c1F. The van der Waals surface area contributed by atoms with E-state index in [0.717, 1.165) is 34.3 Å². The third-order valence-corrected chi connectivity index (χ3v) is 7.40. The summed E-state index contributed by atoms with van der Waals surface area (Å²) in [4.78, 5) is 20.5. The second-order valence-electron chi connectivity index (χ2n) is 8.43. The number of aromatic amines is 2. The number of nitrogens with one attached hydrogen (secondary N) is 3. The number of fused-ring (bicyclic) bond motifs is 2. The Morgan fingerprint density at radius 3 is 2.64 bits per heavy atom. The summed E-state index contributed by atoms with van der Waals surface area (Å²) in [5.41, 5.74) is 2.26. The molecule has 0 aliphatic heterocycles. The van der Waals surface area contributed by atoms with Gasteiger partial charge in [-0.05, 0) is 49.2 Å². The first-order valence-electron chi connectivity index (χ1n) is 11.1. The van der Waals surface area contributed by atoms with Gasteiger partial charge in [-0.15, -0.1) is 0 Å². The molecular weight excluding hydrogens is 488 g/mol. The van der Waals surface area contributed by atoms with Gasteiger partial charge in [0, 0.05) is 34.3 Å². The maximum atomic E-state index is 15.2. The van der Waals surface area contributed by atoms with E-state index < -0.39 is 38.7 Å². The molecule has 0 bridgehead atoms. The molecule has 3 aromatic heterocycles. The van der Waals surface area contributed by atoms with Gasteiger partial charge in [-0.3, -0.25) is 14.6 Å². The predicted octanol–water partition coefficient (Wildman–Crippen LogP) is 5.08. The number of carbonyl (C=O) groups is 1. The highest BCUT2D eigenvalue weighted by Crippen LogP contribution is 2.31. The third kappa shape index (κ3) is 4.11. The molecule has 0 atom stereocenters. The van der Waals surface area contributed by atoms with Crippen molar-refractivity contribution in [2.24, 2.45) is 0 Å². The van der Waals surface area contributed by atoms with Crippen LogP contribution in [-0.4, -0.2) is 40.1 Å². The van der Waals surface area contributed by atoms with E-state index in [1.165, 1.54) is 6.20 Å². The molecule has 184 valence electrons. The zero-order chi connectivity index (χ0) is 25.6. The molecule has 0 fully saturated rings. The molecule has 0 amide bonds. The van der Waals surface area contributed by atoms with Gasteiger partial charge in [0.05, 0.1) is 28.2 Å². The molecule has 3 N–H and O–H groups in total. The van der Waals surface area contributed by atoms with Gasteiger partial charge in [0.25, 0.3) is 0 Å². The number of benzene rings is 2. The number of carbonyl (C=O) groups excluding carboxylic acids is 1. The van der Waals surface area contributed by atoms with Gasteiger partial charge in [-0.2, -0.15) is 5.10 Å². The standard InChI is InChI=1S/C25H21F2N5O3S/c1-3-8-36(34,35)32-21-7-5-19(26)22(23(21)27)24(33)18-12-29-25-17(18)10-15(11-28-25)14-4-6-20-16(9-14)13(2)30-31-20/h4-7,9-12,32H,3,8H2,1-2H3,(H,28,29)(H,30,31). The van der Waals surface area contributed by atoms with E-state index in [4.69, 9.17) is 0 Å². The summed E-state index contributed by atoms with van der Waals surface area (Å²) in [7, 11) is -3.85. The van der Waals surface area contributed by atoms with E-state index in [9.17, 15) is 17.6 Å². The number of aryl methyl sites for hydroxylation is 1. The van der Waals surface area contributed by atoms with Crippen LogP contribution >= 0.6 is 0 Å². The highest BCUT2D eigenvalue weighted by atomic mass is 32.2. The number of hydrogen-bond acceptors (Lipinski definition) is 5. The first-order valence-corrected chi connectivity index (χ1v) is 12.8. The Hall–Kier alpha value is -4.12. The molecule has 0 aliphatic rings. The lowest BCUT2D eigenvalue weighted by molar-refractivity contribution is 0.103. The average molecular weight is 510 g/mol. The maximum Gasteiger partial charge on any atom is 0.232 e. The lowest BCUT2D eigenvalue weighted by Crippen LogP contribution is -2.18. The van der Waals surface area contributed by atoms with Crippen molar-refractivity contribution in [3.05, 3.63) is 77.2 Å². The monoisotopic (exact) mass is 509 g/mol. The van der Waals surface area contributed by atoms with E-state index >= 15 is 4.39 Å². The molecular formula is C25H21F2N5O3S. The minimum Gasteiger partial charge on any atom is -0.345 e. The highest BCUT2D eigenvalue weighted by Gasteiger charge is 2.26. The minimum absolute atomic E-state index is 0.00582. The number of pyridine rings is 1. The third-order valence-electron chi connectivity index (χ3n) is 5.92. The smallest absolute Gasteiger partial charge is 0.232 e. The average Bonchev–Trinajstić information content (AvgIpc) is 3.43. The van der Waals surface area contributed by atoms with E-state index in [1.807, 2.05) is 25.1 Å². The number of ketones is 1. The predicted molar refractivity (Wildman–Crippen MR) is 133 cm³/mol. The molecule has 11 heteroatoms. The number of hydrogen-bond donors (Lipinski definition) is 3. The number of sulfonamides is 1. The van der Waals surface area contributed by atoms with Crippen LogP contribution in [0.5, 0.6) is 0 Å². The topological polar surface area (TPSA) is 121 Å². The molecule has 0 radical (unpaired) electrons. The summed E-state index contributed by atoms with van der Waals surface area (Å²) in [6, 6.07) is 9.23. The molecule has 0 unspecified atom stereocenters. The Morgan fingerprint density at radius 1 is 1.08 bits per heavy atom. The highest BCUT2D eigenvalue weighted by molar-refractivity contribution is 7.92. The van der Waals surface area contributed by atoms with E-state index in [-0.39, 0.29) is 11.3 Å². The van der Waals surface area contributed by atoms with Crippen LogP contribution in [0.25, 0.3) is 33.1 Å². The first kappa shape index (κ1) is 23.6. The lowest BCUT2D eigenvalue weighted by atomic mass is 9.99. The largest absolute Gasteiger partial charge is 0.345 e. The van der Waals surface area contributed by atoms with Crippen molar-refractivity contribution in [3.8, 4) is 11.1 Å². The van der Waals surface area contributed by atoms with Gasteiger partial charge in [0.1, 0.15) is 11.5 Å². The summed E-state index contributed by atoms with van der Waals surface area (Å²) < 4.78 is 56.2. The van der Waals surface area contributed by atoms with Crippen LogP contribution in [0.2, 0.25) is 0 Å². The molecule has 36 heavy (non-hydrogen) atoms. The molecule has 8 nitrogen and oxygen atoms in total. The molecule has 5 rings (SSSR count). The number of aromatic nitrogens is 4. The Morgan fingerprint density at radius 2 is 1.86 bits per heavy atom. The summed E-state index contributed by atoms with van der Waals surface area (Å²) in [6.07, 6.45) is 3.27. The van der Waals surface area contributed by atoms with Crippen molar-refractivity contribution in [2.45, 2.75) is 20.3 Å². The van der Waals surface area contributed by atoms with Gasteiger partial charge in [-0.1, -0.05) is 13.0 Å². The first-order chi connectivity index (χ1) is 17.2. The fourth-order valence-corrected chi connectivity index (χ4v) is 5.27. The van der Waals surface area contributed by atoms with Gasteiger partial charge in [0.15, 0.2) is 5.82 Å². The summed E-state index contributed by atoms with van der Waals surface area (Å²) in [5.74, 6) is -3.56. The second-order valence-corrected chi connectivity index (χ2v) is 10.3. The molecule has 0 saturated heterocycles. The second kappa shape index (κ2) is 8.83. The quantitative estimate of drug-likeness (QED) is 0.264. The fraction of sp³-hybridized carbons (Fsp3) is 0.160. The molecule has 0 aliphatic carbocycles. The molecule has 0 spiro atoms. The van der Waals surface area contributed by atoms with E-state index in [0.29, 0.717) is 23.0 Å². The van der Waals surface area contributed by atoms with Crippen LogP contribution in [0.3, 0.4) is 0 Å². The number of nitrogens with zero attached hydrogens (tertiary/aromatic N) is 2. The molecule has 5 aromatic rings. The summed E-state index contributed by atoms with van der Waals surface area (Å²) in [5, 5.41) is 8.44. The van der Waals surface area contributed by atoms with E-state index in [1.54, 1.807) is 19.2 Å². The van der Waals surface area contributed by atoms with Crippen molar-refractivity contribution in [3.63, 3.8) is 0 Å². The lowest BCUT2D eigenvalue weighted by Gasteiger charge is -2.11. The number of rotatable bonds is 7. The number of anilines is 1. The minimum atomic E-state index is -3.85. The summed E-state index contributed by atoms with van der Waals surface area (Å²) >= 11 is 0. The van der Waals surface area contributed by atoms with Crippen LogP contribution in [0.4, 0.5) is 14.5 Å². The van der Waals surface area contributed by atoms with Crippen molar-refractivity contribution in [1.82, 2.24) is 20.2 Å². The van der Waals surface area contributed by atoms with Crippen molar-refractivity contribution < 1.29 is 22.0 Å². The van der Waals surface area contributed by atoms with Crippen LogP contribution in [-0.2, 0) is 10.0 Å².